The van der Waals surface area contributed by atoms with Crippen molar-refractivity contribution in [1.29, 1.82) is 0 Å². The summed E-state index contributed by atoms with van der Waals surface area (Å²) in [6, 6.07) is 17.1. The minimum atomic E-state index is 0.262. The number of aliphatic hydroxyl groups excluding tert-OH is 1. The van der Waals surface area contributed by atoms with Gasteiger partial charge in [0.1, 0.15) is 0 Å². The minimum absolute atomic E-state index is 0.262. The molecule has 2 aliphatic rings. The first kappa shape index (κ1) is 46.9. The molecule has 0 saturated heterocycles. The van der Waals surface area contributed by atoms with Gasteiger partial charge in [-0.3, -0.25) is 0 Å². The molecule has 3 aromatic rings. The average molecular weight is 822 g/mol. The van der Waals surface area contributed by atoms with Gasteiger partial charge >= 0.3 is 0 Å². The van der Waals surface area contributed by atoms with Crippen LogP contribution in [-0.2, 0) is 0 Å². The number of hydrogen-bond donors (Lipinski definition) is 1. The van der Waals surface area contributed by atoms with Crippen molar-refractivity contribution >= 4 is 22.3 Å². The van der Waals surface area contributed by atoms with Gasteiger partial charge in [0.05, 0.1) is 5.76 Å². The lowest BCUT2D eigenvalue weighted by Gasteiger charge is -2.20. The van der Waals surface area contributed by atoms with Gasteiger partial charge in [0, 0.05) is 29.0 Å². The maximum absolute atomic E-state index is 11.6. The first-order valence-corrected chi connectivity index (χ1v) is 22.2. The van der Waals surface area contributed by atoms with Crippen LogP contribution in [0.25, 0.3) is 33.7 Å². The number of nitrogens with zero attached hydrogens (tertiary/aromatic N) is 3. The van der Waals surface area contributed by atoms with E-state index < -0.39 is 0 Å². The molecule has 0 saturated carbocycles. The molecule has 320 valence electrons. The lowest BCUT2D eigenvalue weighted by molar-refractivity contribution is 0.390. The third kappa shape index (κ3) is 9.97. The predicted octanol–water partition coefficient (Wildman–Crippen LogP) is 16.5. The molecule has 1 unspecified atom stereocenters. The van der Waals surface area contributed by atoms with Crippen LogP contribution in [0.2, 0.25) is 0 Å². The number of hydrogen-bond acceptors (Lipinski definition) is 4. The van der Waals surface area contributed by atoms with Crippen LogP contribution >= 0.6 is 0 Å². The smallest absolute Gasteiger partial charge is 0.164 e. The summed E-state index contributed by atoms with van der Waals surface area (Å²) in [7, 11) is 0. The van der Waals surface area contributed by atoms with E-state index in [0.717, 1.165) is 63.0 Å². The van der Waals surface area contributed by atoms with Crippen molar-refractivity contribution in [1.82, 2.24) is 15.0 Å². The Balaban J connectivity index is 1.63. The lowest BCUT2D eigenvalue weighted by Crippen LogP contribution is -2.08. The van der Waals surface area contributed by atoms with Gasteiger partial charge in [0.15, 0.2) is 17.5 Å². The monoisotopic (exact) mass is 822 g/mol. The van der Waals surface area contributed by atoms with Crippen LogP contribution in [0.15, 0.2) is 177 Å². The Kier molecular flexibility index (Phi) is 16.0. The molecule has 0 amide bonds. The molecule has 0 fully saturated rings. The van der Waals surface area contributed by atoms with Gasteiger partial charge in [0.25, 0.3) is 0 Å². The fourth-order valence-electron chi connectivity index (χ4n) is 8.82. The standard InChI is InChI=1S/C58H67N3O/c1-15-24-43(18-4)56-59-57(61-58(60-56)46-31-32-49(38(10)33-46)48(25-16-2)36(7)8)45-28-23-27-44(35-45)50(26-17-3)41(13)53(54(62)20-6)34-37(9)39(11)40(12)55-42(14)51-29-21-22-30-52(51)47(55)19-5/h15-19,21-30,33-35,42,62H,11,20,31-32H2,1-10,12-14H3/b24-15-,25-16-,26-17-,37-34+,43-18+,47-19-,50-41-,54-53-,55-40+. The molecule has 2 aliphatic carbocycles. The summed E-state index contributed by atoms with van der Waals surface area (Å²) < 4.78 is 0. The molecular formula is C58H67N3O. The van der Waals surface area contributed by atoms with Crippen LogP contribution in [0.3, 0.4) is 0 Å². The zero-order valence-electron chi connectivity index (χ0n) is 39.6. The largest absolute Gasteiger partial charge is 0.512 e. The Bertz CT molecular complexity index is 2630. The van der Waals surface area contributed by atoms with Crippen molar-refractivity contribution in [2.75, 3.05) is 0 Å². The van der Waals surface area contributed by atoms with Gasteiger partial charge in [-0.05, 0) is 179 Å². The lowest BCUT2D eigenvalue weighted by atomic mass is 9.86. The van der Waals surface area contributed by atoms with Crippen molar-refractivity contribution < 1.29 is 5.11 Å². The second kappa shape index (κ2) is 21.1. The average Bonchev–Trinajstić information content (AvgIpc) is 3.57. The third-order valence-electron chi connectivity index (χ3n) is 12.2. The molecule has 5 rings (SSSR count). The maximum atomic E-state index is 11.6. The van der Waals surface area contributed by atoms with E-state index in [2.05, 4.69) is 172 Å². The van der Waals surface area contributed by atoms with E-state index in [1.54, 1.807) is 0 Å². The van der Waals surface area contributed by atoms with Crippen molar-refractivity contribution in [3.8, 4) is 11.4 Å². The Morgan fingerprint density at radius 3 is 2.13 bits per heavy atom. The molecule has 1 atom stereocenters. The molecule has 2 aromatic carbocycles. The highest BCUT2D eigenvalue weighted by molar-refractivity contribution is 5.89. The molecule has 0 aliphatic heterocycles. The summed E-state index contributed by atoms with van der Waals surface area (Å²) in [4.78, 5) is 15.4. The van der Waals surface area contributed by atoms with Gasteiger partial charge in [0.2, 0.25) is 0 Å². The Morgan fingerprint density at radius 1 is 0.823 bits per heavy atom. The molecular weight excluding hydrogens is 755 g/mol. The molecule has 1 aromatic heterocycles. The first-order valence-electron chi connectivity index (χ1n) is 22.2. The van der Waals surface area contributed by atoms with E-state index in [1.165, 1.54) is 50.1 Å². The van der Waals surface area contributed by atoms with Gasteiger partial charge < -0.3 is 5.11 Å². The van der Waals surface area contributed by atoms with Gasteiger partial charge in [-0.25, -0.2) is 15.0 Å². The van der Waals surface area contributed by atoms with E-state index in [0.29, 0.717) is 29.7 Å². The Labute approximate surface area is 373 Å². The maximum Gasteiger partial charge on any atom is 0.164 e. The third-order valence-corrected chi connectivity index (χ3v) is 12.2. The topological polar surface area (TPSA) is 58.9 Å². The minimum Gasteiger partial charge on any atom is -0.512 e. The summed E-state index contributed by atoms with van der Waals surface area (Å²) in [5.74, 6) is 2.55. The van der Waals surface area contributed by atoms with Gasteiger partial charge in [-0.15, -0.1) is 0 Å². The number of aliphatic hydroxyl groups is 1. The zero-order chi connectivity index (χ0) is 45.2. The number of benzene rings is 2. The van der Waals surface area contributed by atoms with E-state index >= 15 is 0 Å². The summed E-state index contributed by atoms with van der Waals surface area (Å²) in [6.07, 6.45) is 23.5. The second-order valence-corrected chi connectivity index (χ2v) is 16.5. The molecule has 4 heteroatoms. The van der Waals surface area contributed by atoms with Crippen molar-refractivity contribution in [2.45, 2.75) is 115 Å². The highest BCUT2D eigenvalue weighted by Gasteiger charge is 2.30. The van der Waals surface area contributed by atoms with Crippen LogP contribution in [0.1, 0.15) is 144 Å². The molecule has 0 spiro atoms. The summed E-state index contributed by atoms with van der Waals surface area (Å²) >= 11 is 0. The van der Waals surface area contributed by atoms with E-state index in [4.69, 9.17) is 15.0 Å². The van der Waals surface area contributed by atoms with Crippen LogP contribution in [0.5, 0.6) is 0 Å². The SMILES string of the molecule is C=C(/C(C)=C/C(=C(/O)CC)C(/C)=C(/C=C\C)c1cccc(-c2nc(C3=CC(C)=C(C(/C=C\C)=C(C)C)CC3)nc(C(/C=C\C)=C/C)n2)c1)/C(C)=C1/C(=C\C)c2ccccc2C1C. The summed E-state index contributed by atoms with van der Waals surface area (Å²) in [6.45, 7) is 32.1. The first-order chi connectivity index (χ1) is 29.7. The number of allylic oxidation sites excluding steroid dienone is 25. The van der Waals surface area contributed by atoms with Gasteiger partial charge in [-0.1, -0.05) is 123 Å². The molecule has 62 heavy (non-hydrogen) atoms. The highest BCUT2D eigenvalue weighted by Crippen LogP contribution is 2.48. The number of aromatic nitrogens is 3. The van der Waals surface area contributed by atoms with Gasteiger partial charge in [-0.2, -0.15) is 0 Å². The van der Waals surface area contributed by atoms with Crippen molar-refractivity contribution in [2.24, 2.45) is 0 Å². The quantitative estimate of drug-likeness (QED) is 0.138. The van der Waals surface area contributed by atoms with E-state index in [-0.39, 0.29) is 5.92 Å². The fourth-order valence-corrected chi connectivity index (χ4v) is 8.82. The number of fused-ring (bicyclic) bond motifs is 1. The zero-order valence-corrected chi connectivity index (χ0v) is 39.6. The summed E-state index contributed by atoms with van der Waals surface area (Å²) in [5, 5.41) is 11.6. The predicted molar refractivity (Wildman–Crippen MR) is 268 cm³/mol. The normalized spacial score (nSPS) is 18.4. The fraction of sp³-hybridized carbons (Fsp3) is 0.293. The van der Waals surface area contributed by atoms with Crippen molar-refractivity contribution in [3.63, 3.8) is 0 Å². The Morgan fingerprint density at radius 2 is 1.50 bits per heavy atom. The molecule has 4 nitrogen and oxygen atoms in total. The van der Waals surface area contributed by atoms with Crippen LogP contribution in [-0.4, -0.2) is 20.1 Å². The van der Waals surface area contributed by atoms with E-state index in [9.17, 15) is 5.11 Å². The van der Waals surface area contributed by atoms with Crippen LogP contribution < -0.4 is 0 Å². The molecule has 1 N–H and O–H groups in total. The highest BCUT2D eigenvalue weighted by atomic mass is 16.3. The Hall–Kier alpha value is -6.13. The molecule has 0 bridgehead atoms. The van der Waals surface area contributed by atoms with E-state index in [1.807, 2.05) is 33.8 Å². The van der Waals surface area contributed by atoms with Crippen LogP contribution in [0, 0.1) is 0 Å². The van der Waals surface area contributed by atoms with Crippen LogP contribution in [0.4, 0.5) is 0 Å². The molecule has 0 radical (unpaired) electrons. The summed E-state index contributed by atoms with van der Waals surface area (Å²) in [5.41, 5.74) is 20.3. The second-order valence-electron chi connectivity index (χ2n) is 16.5. The van der Waals surface area contributed by atoms with Crippen molar-refractivity contribution in [3.05, 3.63) is 206 Å². The number of rotatable bonds is 13. The molecule has 1 heterocycles.